The highest BCUT2D eigenvalue weighted by Gasteiger charge is 2.21. The molecule has 23 heavy (non-hydrogen) atoms. The van der Waals surface area contributed by atoms with Crippen molar-refractivity contribution in [2.24, 2.45) is 0 Å². The largest absolute Gasteiger partial charge is 0.484 e. The van der Waals surface area contributed by atoms with Crippen LogP contribution in [0.2, 0.25) is 0 Å². The van der Waals surface area contributed by atoms with Crippen LogP contribution >= 0.6 is 12.2 Å². The molecule has 0 bridgehead atoms. The molecule has 0 atom stereocenters. The second-order valence-electron chi connectivity index (χ2n) is 4.75. The lowest BCUT2D eigenvalue weighted by molar-refractivity contribution is -0.808. The lowest BCUT2D eigenvalue weighted by Gasteiger charge is -2.08. The fourth-order valence-corrected chi connectivity index (χ4v) is 2.21. The highest BCUT2D eigenvalue weighted by molar-refractivity contribution is 7.80. The summed E-state index contributed by atoms with van der Waals surface area (Å²) < 4.78 is 10.1. The third kappa shape index (κ3) is 3.14. The molecular weight excluding hydrogens is 320 g/mol. The number of nitrogens with one attached hydrogen (secondary N) is 2. The van der Waals surface area contributed by atoms with Crippen LogP contribution in [0.25, 0.3) is 6.08 Å². The Balaban J connectivity index is 1.83. The Morgan fingerprint density at radius 2 is 2.22 bits per heavy atom. The first kappa shape index (κ1) is 15.0. The van der Waals surface area contributed by atoms with Crippen LogP contribution in [0.4, 0.5) is 0 Å². The summed E-state index contributed by atoms with van der Waals surface area (Å²) in [4.78, 5) is 12.0. The van der Waals surface area contributed by atoms with E-state index in [0.29, 0.717) is 27.6 Å². The van der Waals surface area contributed by atoms with Crippen molar-refractivity contribution in [2.75, 3.05) is 0 Å². The van der Waals surface area contributed by atoms with Gasteiger partial charge in [-0.05, 0) is 29.3 Å². The van der Waals surface area contributed by atoms with E-state index >= 15 is 0 Å². The van der Waals surface area contributed by atoms with Gasteiger partial charge in [0.1, 0.15) is 11.4 Å². The highest BCUT2D eigenvalue weighted by atomic mass is 32.1. The average Bonchev–Trinajstić information content (AvgIpc) is 3.00. The van der Waals surface area contributed by atoms with Gasteiger partial charge in [-0.3, -0.25) is 14.7 Å². The third-order valence-electron chi connectivity index (χ3n) is 3.19. The molecule has 1 fully saturated rings. The van der Waals surface area contributed by atoms with E-state index in [1.807, 2.05) is 6.07 Å². The van der Waals surface area contributed by atoms with Crippen molar-refractivity contribution in [3.63, 3.8) is 0 Å². The zero-order valence-corrected chi connectivity index (χ0v) is 12.8. The minimum absolute atomic E-state index is 0.00292. The molecule has 0 unspecified atom stereocenters. The molecule has 2 N–H and O–H groups in total. The summed E-state index contributed by atoms with van der Waals surface area (Å²) >= 11 is 4.89. The number of rotatable bonds is 4. The summed E-state index contributed by atoms with van der Waals surface area (Å²) in [6, 6.07) is 7.11. The van der Waals surface area contributed by atoms with Gasteiger partial charge in [0.25, 0.3) is 5.91 Å². The summed E-state index contributed by atoms with van der Waals surface area (Å²) in [5, 5.41) is 20.5. The summed E-state index contributed by atoms with van der Waals surface area (Å²) in [7, 11) is 0. The number of carbonyl (C=O) groups is 1. The van der Waals surface area contributed by atoms with E-state index in [2.05, 4.69) is 20.4 Å². The number of hydrogen-bond donors (Lipinski definition) is 2. The van der Waals surface area contributed by atoms with Crippen LogP contribution in [0.5, 0.6) is 5.75 Å². The molecular formula is C14H12N4O4S. The van der Waals surface area contributed by atoms with Gasteiger partial charge in [0.2, 0.25) is 11.4 Å². The second kappa shape index (κ2) is 6.05. The number of thiocarbonyl (C=S) groups is 1. The molecule has 1 aromatic carbocycles. The first-order valence-electron chi connectivity index (χ1n) is 6.65. The molecule has 0 aliphatic carbocycles. The van der Waals surface area contributed by atoms with Gasteiger partial charge >= 0.3 is 0 Å². The van der Waals surface area contributed by atoms with Gasteiger partial charge in [-0.15, -0.1) is 0 Å². The number of ether oxygens (including phenoxy) is 1. The van der Waals surface area contributed by atoms with Crippen LogP contribution in [0.15, 0.2) is 34.6 Å². The van der Waals surface area contributed by atoms with Crippen LogP contribution in [0.3, 0.4) is 0 Å². The Morgan fingerprint density at radius 1 is 1.43 bits per heavy atom. The van der Waals surface area contributed by atoms with Gasteiger partial charge in [0.15, 0.2) is 11.7 Å². The van der Waals surface area contributed by atoms with Crippen molar-refractivity contribution in [3.05, 3.63) is 52.1 Å². The van der Waals surface area contributed by atoms with Gasteiger partial charge in [-0.25, -0.2) is 0 Å². The molecule has 118 valence electrons. The lowest BCUT2D eigenvalue weighted by atomic mass is 10.1. The minimum Gasteiger partial charge on any atom is -0.484 e. The standard InChI is InChI=1S/C14H12N4O4S/c1-8-11(18(20)22-17-8)7-21-12-5-3-2-4-9(12)6-10-13(19)16-14(23)15-10/h2-6H,7H2,1H3,(H2,15,16,19,23). The number of para-hydroxylation sites is 1. The highest BCUT2D eigenvalue weighted by Crippen LogP contribution is 2.22. The van der Waals surface area contributed by atoms with E-state index in [0.717, 1.165) is 0 Å². The Bertz CT molecular complexity index is 795. The van der Waals surface area contributed by atoms with E-state index in [9.17, 15) is 10.0 Å². The summed E-state index contributed by atoms with van der Waals surface area (Å²) in [5.41, 5.74) is 1.73. The maximum absolute atomic E-state index is 11.7. The number of benzene rings is 1. The molecule has 3 rings (SSSR count). The van der Waals surface area contributed by atoms with Gasteiger partial charge < -0.3 is 15.3 Å². The quantitative estimate of drug-likeness (QED) is 0.478. The van der Waals surface area contributed by atoms with Crippen molar-refractivity contribution >= 4 is 29.3 Å². The minimum atomic E-state index is -0.308. The molecule has 0 spiro atoms. The summed E-state index contributed by atoms with van der Waals surface area (Å²) in [6.07, 6.45) is 1.62. The Labute approximate surface area is 136 Å². The lowest BCUT2D eigenvalue weighted by Crippen LogP contribution is -2.29. The van der Waals surface area contributed by atoms with Crippen molar-refractivity contribution in [1.82, 2.24) is 15.8 Å². The van der Waals surface area contributed by atoms with Crippen LogP contribution in [0.1, 0.15) is 17.0 Å². The van der Waals surface area contributed by atoms with Crippen LogP contribution in [-0.4, -0.2) is 16.2 Å². The van der Waals surface area contributed by atoms with Gasteiger partial charge in [0.05, 0.1) is 0 Å². The zero-order valence-electron chi connectivity index (χ0n) is 12.0. The Hall–Kier alpha value is -2.94. The maximum Gasteiger partial charge on any atom is 0.273 e. The topological polar surface area (TPSA) is 103 Å². The predicted octanol–water partition coefficient (Wildman–Crippen LogP) is 0.541. The van der Waals surface area contributed by atoms with E-state index < -0.39 is 0 Å². The van der Waals surface area contributed by atoms with Crippen molar-refractivity contribution < 1.29 is 19.1 Å². The first-order chi connectivity index (χ1) is 11.0. The van der Waals surface area contributed by atoms with E-state index in [1.54, 1.807) is 31.2 Å². The number of aromatic nitrogens is 2. The van der Waals surface area contributed by atoms with Crippen molar-refractivity contribution in [3.8, 4) is 5.75 Å². The number of aryl methyl sites for hydroxylation is 1. The number of carbonyl (C=O) groups excluding carboxylic acids is 1. The fourth-order valence-electron chi connectivity index (χ4n) is 2.00. The Kier molecular flexibility index (Phi) is 3.94. The fraction of sp³-hybridized carbons (Fsp3) is 0.143. The monoisotopic (exact) mass is 332 g/mol. The molecule has 9 heteroatoms. The van der Waals surface area contributed by atoms with Gasteiger partial charge in [0, 0.05) is 17.6 Å². The van der Waals surface area contributed by atoms with Gasteiger partial charge in [-0.2, -0.15) is 0 Å². The molecule has 2 heterocycles. The summed E-state index contributed by atoms with van der Waals surface area (Å²) in [5.74, 6) is 0.199. The van der Waals surface area contributed by atoms with E-state index in [4.69, 9.17) is 17.0 Å². The zero-order chi connectivity index (χ0) is 16.4. The SMILES string of the molecule is Cc1no[n+]([O-])c1COc1ccccc1C=C1NC(=S)NC1=O. The molecule has 1 aliphatic rings. The number of hydrogen-bond acceptors (Lipinski definition) is 6. The van der Waals surface area contributed by atoms with Crippen LogP contribution in [-0.2, 0) is 11.4 Å². The van der Waals surface area contributed by atoms with Crippen molar-refractivity contribution in [2.45, 2.75) is 13.5 Å². The normalized spacial score (nSPS) is 15.6. The Morgan fingerprint density at radius 3 is 2.87 bits per heavy atom. The molecule has 0 radical (unpaired) electrons. The molecule has 1 aliphatic heterocycles. The van der Waals surface area contributed by atoms with Crippen LogP contribution in [0, 0.1) is 12.1 Å². The summed E-state index contributed by atoms with van der Waals surface area (Å²) in [6.45, 7) is 1.65. The van der Waals surface area contributed by atoms with Crippen LogP contribution < -0.4 is 20.3 Å². The predicted molar refractivity (Wildman–Crippen MR) is 82.8 cm³/mol. The molecule has 2 aromatic rings. The van der Waals surface area contributed by atoms with E-state index in [1.165, 1.54) is 0 Å². The number of amides is 1. The average molecular weight is 332 g/mol. The molecule has 0 saturated carbocycles. The first-order valence-corrected chi connectivity index (χ1v) is 7.06. The third-order valence-corrected chi connectivity index (χ3v) is 3.40. The number of nitrogens with zero attached hydrogens (tertiary/aromatic N) is 2. The molecule has 1 aromatic heterocycles. The second-order valence-corrected chi connectivity index (χ2v) is 5.16. The molecule has 8 nitrogen and oxygen atoms in total. The smallest absolute Gasteiger partial charge is 0.273 e. The van der Waals surface area contributed by atoms with E-state index in [-0.39, 0.29) is 23.3 Å². The molecule has 1 amide bonds. The maximum atomic E-state index is 11.7. The van der Waals surface area contributed by atoms with Gasteiger partial charge in [-0.1, -0.05) is 18.2 Å². The molecule has 1 saturated heterocycles. The van der Waals surface area contributed by atoms with Crippen molar-refractivity contribution in [1.29, 1.82) is 0 Å².